The predicted molar refractivity (Wildman–Crippen MR) is 96.6 cm³/mol. The van der Waals surface area contributed by atoms with Crippen molar-refractivity contribution in [2.45, 2.75) is 32.4 Å². The fourth-order valence-corrected chi connectivity index (χ4v) is 3.97. The second kappa shape index (κ2) is 5.95. The van der Waals surface area contributed by atoms with Gasteiger partial charge in [-0.1, -0.05) is 61.9 Å². The third-order valence-corrected chi connectivity index (χ3v) is 5.06. The fraction of sp³-hybridized carbons (Fsp3) is 0.333. The van der Waals surface area contributed by atoms with Crippen LogP contribution < -0.4 is 0 Å². The summed E-state index contributed by atoms with van der Waals surface area (Å²) in [5, 5.41) is 15.9. The molecular formula is C21H23NO. The molecule has 0 radical (unpaired) electrons. The molecule has 1 unspecified atom stereocenters. The van der Waals surface area contributed by atoms with E-state index in [0.717, 1.165) is 25.2 Å². The number of aliphatic hydroxyl groups excluding tert-OH is 1. The molecule has 1 N–H and O–H groups in total. The summed E-state index contributed by atoms with van der Waals surface area (Å²) in [5.41, 5.74) is 2.46. The lowest BCUT2D eigenvalue weighted by Crippen LogP contribution is -2.34. The number of hydrogen-bond donors (Lipinski definition) is 1. The molecule has 1 aliphatic heterocycles. The van der Waals surface area contributed by atoms with Crippen LogP contribution in [0.15, 0.2) is 48.5 Å². The van der Waals surface area contributed by atoms with E-state index in [4.69, 9.17) is 0 Å². The van der Waals surface area contributed by atoms with E-state index in [9.17, 15) is 5.11 Å². The van der Waals surface area contributed by atoms with E-state index in [-0.39, 0.29) is 0 Å². The molecule has 0 saturated carbocycles. The van der Waals surface area contributed by atoms with E-state index in [1.165, 1.54) is 39.9 Å². The highest BCUT2D eigenvalue weighted by molar-refractivity contribution is 6.11. The number of β-amino-alcohol motifs (C(OH)–C–C–N with tert-alkyl or cyclic N) is 1. The Labute approximate surface area is 137 Å². The van der Waals surface area contributed by atoms with Gasteiger partial charge >= 0.3 is 0 Å². The van der Waals surface area contributed by atoms with E-state index in [2.05, 4.69) is 60.4 Å². The van der Waals surface area contributed by atoms with Crippen molar-refractivity contribution in [1.82, 2.24) is 4.90 Å². The maximum atomic E-state index is 10.8. The quantitative estimate of drug-likeness (QED) is 0.712. The fourth-order valence-electron chi connectivity index (χ4n) is 3.97. The molecule has 4 rings (SSSR count). The molecule has 2 heteroatoms. The minimum absolute atomic E-state index is 0.398. The average molecular weight is 305 g/mol. The highest BCUT2D eigenvalue weighted by atomic mass is 16.3. The van der Waals surface area contributed by atoms with Crippen LogP contribution in [0, 0.1) is 0 Å². The van der Waals surface area contributed by atoms with Crippen LogP contribution in [0.5, 0.6) is 0 Å². The molecule has 1 heterocycles. The van der Waals surface area contributed by atoms with Crippen molar-refractivity contribution in [3.05, 3.63) is 59.7 Å². The van der Waals surface area contributed by atoms with Crippen molar-refractivity contribution in [2.75, 3.05) is 13.1 Å². The van der Waals surface area contributed by atoms with Crippen molar-refractivity contribution in [1.29, 1.82) is 0 Å². The molecule has 1 aliphatic rings. The summed E-state index contributed by atoms with van der Waals surface area (Å²) in [6.45, 7) is 4.97. The summed E-state index contributed by atoms with van der Waals surface area (Å²) in [4.78, 5) is 2.40. The second-order valence-electron chi connectivity index (χ2n) is 6.59. The number of hydrogen-bond acceptors (Lipinski definition) is 2. The lowest BCUT2D eigenvalue weighted by atomic mass is 9.86. The Morgan fingerprint density at radius 1 is 0.957 bits per heavy atom. The van der Waals surface area contributed by atoms with Crippen LogP contribution in [0.3, 0.4) is 0 Å². The van der Waals surface area contributed by atoms with E-state index in [1.54, 1.807) is 0 Å². The zero-order chi connectivity index (χ0) is 15.8. The van der Waals surface area contributed by atoms with Gasteiger partial charge in [0.05, 0.1) is 6.10 Å². The molecule has 3 aromatic carbocycles. The number of aliphatic hydroxyl groups is 1. The van der Waals surface area contributed by atoms with Gasteiger partial charge < -0.3 is 5.11 Å². The third kappa shape index (κ3) is 2.43. The molecule has 0 bridgehead atoms. The SMILES string of the molecule is CCCCN1Cc2c(c3ccccc3c3ccccc23)C(O)C1. The molecule has 1 atom stereocenters. The first-order valence-corrected chi connectivity index (χ1v) is 8.62. The van der Waals surface area contributed by atoms with E-state index >= 15 is 0 Å². The van der Waals surface area contributed by atoms with Gasteiger partial charge in [-0.3, -0.25) is 4.90 Å². The molecule has 0 saturated heterocycles. The molecule has 118 valence electrons. The third-order valence-electron chi connectivity index (χ3n) is 5.06. The van der Waals surface area contributed by atoms with E-state index in [1.807, 2.05) is 0 Å². The summed E-state index contributed by atoms with van der Waals surface area (Å²) in [6, 6.07) is 17.1. The van der Waals surface area contributed by atoms with Gasteiger partial charge in [0, 0.05) is 13.1 Å². The van der Waals surface area contributed by atoms with Crippen molar-refractivity contribution in [3.8, 4) is 0 Å². The molecule has 0 aliphatic carbocycles. The van der Waals surface area contributed by atoms with Gasteiger partial charge in [-0.25, -0.2) is 0 Å². The molecule has 3 aromatic rings. The largest absolute Gasteiger partial charge is 0.387 e. The van der Waals surface area contributed by atoms with Crippen LogP contribution in [-0.4, -0.2) is 23.1 Å². The maximum Gasteiger partial charge on any atom is 0.0926 e. The number of benzene rings is 3. The monoisotopic (exact) mass is 305 g/mol. The number of nitrogens with zero attached hydrogens (tertiary/aromatic N) is 1. The lowest BCUT2D eigenvalue weighted by Gasteiger charge is -2.34. The maximum absolute atomic E-state index is 10.8. The second-order valence-corrected chi connectivity index (χ2v) is 6.59. The van der Waals surface area contributed by atoms with Gasteiger partial charge in [-0.15, -0.1) is 0 Å². The van der Waals surface area contributed by atoms with Gasteiger partial charge in [0.2, 0.25) is 0 Å². The van der Waals surface area contributed by atoms with Crippen LogP contribution in [-0.2, 0) is 6.54 Å². The number of unbranched alkanes of at least 4 members (excludes halogenated alkanes) is 1. The van der Waals surface area contributed by atoms with E-state index < -0.39 is 6.10 Å². The summed E-state index contributed by atoms with van der Waals surface area (Å²) >= 11 is 0. The van der Waals surface area contributed by atoms with Crippen LogP contribution in [0.25, 0.3) is 21.5 Å². The minimum atomic E-state index is -0.398. The standard InChI is InChI=1S/C21H23NO/c1-2-3-12-22-13-19-17-10-5-4-8-15(17)16-9-6-7-11-18(16)21(19)20(23)14-22/h4-11,20,23H,2-3,12-14H2,1H3. The molecule has 0 amide bonds. The summed E-state index contributed by atoms with van der Waals surface area (Å²) < 4.78 is 0. The normalized spacial score (nSPS) is 18.4. The van der Waals surface area contributed by atoms with Crippen molar-refractivity contribution < 1.29 is 5.11 Å². The van der Waals surface area contributed by atoms with Gasteiger partial charge in [-0.2, -0.15) is 0 Å². The van der Waals surface area contributed by atoms with Crippen LogP contribution in [0.4, 0.5) is 0 Å². The lowest BCUT2D eigenvalue weighted by molar-refractivity contribution is 0.0935. The Morgan fingerprint density at radius 3 is 2.26 bits per heavy atom. The van der Waals surface area contributed by atoms with Gasteiger partial charge in [0.25, 0.3) is 0 Å². The van der Waals surface area contributed by atoms with Gasteiger partial charge in [0.1, 0.15) is 0 Å². The Kier molecular flexibility index (Phi) is 3.80. The molecule has 0 fully saturated rings. The molecule has 2 nitrogen and oxygen atoms in total. The van der Waals surface area contributed by atoms with Gasteiger partial charge in [-0.05, 0) is 45.6 Å². The van der Waals surface area contributed by atoms with Crippen LogP contribution in [0.2, 0.25) is 0 Å². The average Bonchev–Trinajstić information content (AvgIpc) is 2.60. The Morgan fingerprint density at radius 2 is 1.57 bits per heavy atom. The number of rotatable bonds is 3. The first-order chi connectivity index (χ1) is 11.3. The topological polar surface area (TPSA) is 23.5 Å². The Bertz CT molecular complexity index is 855. The molecule has 0 spiro atoms. The smallest absolute Gasteiger partial charge is 0.0926 e. The van der Waals surface area contributed by atoms with E-state index in [0.29, 0.717) is 0 Å². The van der Waals surface area contributed by atoms with Gasteiger partial charge in [0.15, 0.2) is 0 Å². The van der Waals surface area contributed by atoms with Crippen LogP contribution >= 0.6 is 0 Å². The predicted octanol–water partition coefficient (Wildman–Crippen LogP) is 4.64. The minimum Gasteiger partial charge on any atom is -0.387 e. The first-order valence-electron chi connectivity index (χ1n) is 8.62. The summed E-state index contributed by atoms with van der Waals surface area (Å²) in [5.74, 6) is 0. The Balaban J connectivity index is 1.97. The van der Waals surface area contributed by atoms with Crippen molar-refractivity contribution >= 4 is 21.5 Å². The molecule has 0 aromatic heterocycles. The highest BCUT2D eigenvalue weighted by Gasteiger charge is 2.27. The highest BCUT2D eigenvalue weighted by Crippen LogP contribution is 2.39. The Hall–Kier alpha value is -1.90. The number of fused-ring (bicyclic) bond motifs is 6. The van der Waals surface area contributed by atoms with Crippen LogP contribution in [0.1, 0.15) is 37.0 Å². The summed E-state index contributed by atoms with van der Waals surface area (Å²) in [6.07, 6.45) is 1.98. The molecule has 23 heavy (non-hydrogen) atoms. The zero-order valence-corrected chi connectivity index (χ0v) is 13.6. The molecular weight excluding hydrogens is 282 g/mol. The zero-order valence-electron chi connectivity index (χ0n) is 13.6. The first kappa shape index (κ1) is 14.7. The van der Waals surface area contributed by atoms with Crippen molar-refractivity contribution in [3.63, 3.8) is 0 Å². The summed E-state index contributed by atoms with van der Waals surface area (Å²) in [7, 11) is 0. The van der Waals surface area contributed by atoms with Crippen molar-refractivity contribution in [2.24, 2.45) is 0 Å².